The van der Waals surface area contributed by atoms with Gasteiger partial charge in [0.1, 0.15) is 0 Å². The predicted octanol–water partition coefficient (Wildman–Crippen LogP) is 3.36. The van der Waals surface area contributed by atoms with Crippen molar-refractivity contribution in [1.29, 1.82) is 0 Å². The summed E-state index contributed by atoms with van der Waals surface area (Å²) >= 11 is 1.60. The van der Waals surface area contributed by atoms with Crippen LogP contribution in [-0.4, -0.2) is 14.2 Å². The molecule has 102 valence electrons. The van der Waals surface area contributed by atoms with E-state index < -0.39 is 15.6 Å². The third kappa shape index (κ3) is 3.30. The zero-order valence-electron chi connectivity index (χ0n) is 9.71. The molecule has 0 saturated heterocycles. The summed E-state index contributed by atoms with van der Waals surface area (Å²) in [5.41, 5.74) is 0.682. The van der Waals surface area contributed by atoms with Gasteiger partial charge in [0.2, 0.25) is 9.84 Å². The van der Waals surface area contributed by atoms with Crippen LogP contribution in [0.4, 0.5) is 14.5 Å². The smallest absolute Gasteiger partial charge is 0.341 e. The topological polar surface area (TPSA) is 46.2 Å². The van der Waals surface area contributed by atoms with E-state index in [4.69, 9.17) is 0 Å². The third-order valence-corrected chi connectivity index (χ3v) is 4.74. The Hall–Kier alpha value is -1.47. The highest BCUT2D eigenvalue weighted by molar-refractivity contribution is 7.91. The molecule has 1 aromatic heterocycles. The van der Waals surface area contributed by atoms with Crippen molar-refractivity contribution < 1.29 is 17.2 Å². The monoisotopic (exact) mass is 303 g/mol. The van der Waals surface area contributed by atoms with Crippen LogP contribution in [0.1, 0.15) is 4.88 Å². The van der Waals surface area contributed by atoms with E-state index in [0.29, 0.717) is 12.2 Å². The van der Waals surface area contributed by atoms with Gasteiger partial charge in [-0.1, -0.05) is 6.07 Å². The molecule has 0 saturated carbocycles. The number of thiophene rings is 1. The summed E-state index contributed by atoms with van der Waals surface area (Å²) < 4.78 is 47.1. The normalized spacial score (nSPS) is 11.7. The number of nitrogens with one attached hydrogen (secondary N) is 1. The fraction of sp³-hybridized carbons (Fsp3) is 0.167. The first-order chi connectivity index (χ1) is 9.00. The van der Waals surface area contributed by atoms with Crippen molar-refractivity contribution in [2.45, 2.75) is 17.2 Å². The van der Waals surface area contributed by atoms with E-state index in [0.717, 1.165) is 4.88 Å². The van der Waals surface area contributed by atoms with Gasteiger partial charge in [0.15, 0.2) is 0 Å². The van der Waals surface area contributed by atoms with Crippen LogP contribution in [0.2, 0.25) is 0 Å². The summed E-state index contributed by atoms with van der Waals surface area (Å²) in [7, 11) is -4.51. The van der Waals surface area contributed by atoms with E-state index >= 15 is 0 Å². The fourth-order valence-corrected chi connectivity index (χ4v) is 2.83. The number of benzene rings is 1. The summed E-state index contributed by atoms with van der Waals surface area (Å²) in [5, 5.41) is 5.04. The van der Waals surface area contributed by atoms with Crippen LogP contribution in [0, 0.1) is 0 Å². The fourth-order valence-electron chi connectivity index (χ4n) is 1.47. The molecular weight excluding hydrogens is 292 g/mol. The zero-order valence-corrected chi connectivity index (χ0v) is 11.3. The van der Waals surface area contributed by atoms with Crippen molar-refractivity contribution in [2.75, 3.05) is 5.32 Å². The average Bonchev–Trinajstić information content (AvgIpc) is 2.90. The number of alkyl halides is 2. The van der Waals surface area contributed by atoms with Crippen molar-refractivity contribution in [3.8, 4) is 0 Å². The maximum Gasteiger partial charge on any atom is 0.341 e. The summed E-state index contributed by atoms with van der Waals surface area (Å²) in [6, 6.07) is 9.20. The van der Waals surface area contributed by atoms with E-state index in [1.807, 2.05) is 17.5 Å². The van der Waals surface area contributed by atoms with Crippen LogP contribution in [0.25, 0.3) is 0 Å². The summed E-state index contributed by atoms with van der Waals surface area (Å²) in [5.74, 6) is -3.39. The molecule has 3 nitrogen and oxygen atoms in total. The second kappa shape index (κ2) is 5.66. The average molecular weight is 303 g/mol. The van der Waals surface area contributed by atoms with Gasteiger partial charge >= 0.3 is 5.76 Å². The minimum Gasteiger partial charge on any atom is -0.380 e. The minimum atomic E-state index is -4.51. The maximum atomic E-state index is 12.3. The summed E-state index contributed by atoms with van der Waals surface area (Å²) in [4.78, 5) is 0.758. The Morgan fingerprint density at radius 1 is 1.16 bits per heavy atom. The van der Waals surface area contributed by atoms with Crippen LogP contribution in [0.15, 0.2) is 46.7 Å². The Morgan fingerprint density at radius 2 is 1.84 bits per heavy atom. The molecule has 0 bridgehead atoms. The molecule has 0 aliphatic heterocycles. The van der Waals surface area contributed by atoms with Gasteiger partial charge in [-0.15, -0.1) is 11.3 Å². The van der Waals surface area contributed by atoms with E-state index in [9.17, 15) is 17.2 Å². The van der Waals surface area contributed by atoms with E-state index in [1.54, 1.807) is 11.3 Å². The van der Waals surface area contributed by atoms with Crippen LogP contribution in [0.5, 0.6) is 0 Å². The van der Waals surface area contributed by atoms with Gasteiger partial charge in [-0.25, -0.2) is 8.42 Å². The van der Waals surface area contributed by atoms with Gasteiger partial charge in [-0.3, -0.25) is 0 Å². The molecule has 0 atom stereocenters. The van der Waals surface area contributed by atoms with E-state index in [2.05, 4.69) is 5.32 Å². The molecule has 19 heavy (non-hydrogen) atoms. The molecule has 1 N–H and O–H groups in total. The third-order valence-electron chi connectivity index (χ3n) is 2.46. The van der Waals surface area contributed by atoms with Crippen LogP contribution < -0.4 is 5.32 Å². The van der Waals surface area contributed by atoms with Gasteiger partial charge in [0.05, 0.1) is 4.90 Å². The molecule has 2 rings (SSSR count). The summed E-state index contributed by atoms with van der Waals surface area (Å²) in [6.45, 7) is 0.610. The number of halogens is 2. The lowest BCUT2D eigenvalue weighted by atomic mass is 10.3. The quantitative estimate of drug-likeness (QED) is 0.921. The molecule has 0 aliphatic carbocycles. The van der Waals surface area contributed by atoms with E-state index in [-0.39, 0.29) is 4.90 Å². The Kier molecular flexibility index (Phi) is 4.16. The lowest BCUT2D eigenvalue weighted by Crippen LogP contribution is -2.11. The second-order valence-corrected chi connectivity index (χ2v) is 6.71. The van der Waals surface area contributed by atoms with Crippen molar-refractivity contribution in [2.24, 2.45) is 0 Å². The van der Waals surface area contributed by atoms with E-state index in [1.165, 1.54) is 24.3 Å². The first kappa shape index (κ1) is 14.0. The molecule has 0 amide bonds. The van der Waals surface area contributed by atoms with Gasteiger partial charge in [0.25, 0.3) is 0 Å². The number of rotatable bonds is 5. The number of sulfone groups is 1. The first-order valence-electron chi connectivity index (χ1n) is 5.38. The predicted molar refractivity (Wildman–Crippen MR) is 71.3 cm³/mol. The molecule has 2 aromatic rings. The SMILES string of the molecule is O=S(=O)(c1ccc(NCc2cccs2)cc1)C(F)F. The van der Waals surface area contributed by atoms with Crippen LogP contribution in [-0.2, 0) is 16.4 Å². The van der Waals surface area contributed by atoms with Crippen molar-refractivity contribution in [3.63, 3.8) is 0 Å². The standard InChI is InChI=1S/C12H11F2NO2S2/c13-12(14)19(16,17)11-5-3-9(4-6-11)15-8-10-2-1-7-18-10/h1-7,12,15H,8H2. The Morgan fingerprint density at radius 3 is 2.37 bits per heavy atom. The summed E-state index contributed by atoms with van der Waals surface area (Å²) in [6.07, 6.45) is 0. The first-order valence-corrected chi connectivity index (χ1v) is 7.81. The molecule has 0 unspecified atom stereocenters. The Bertz CT molecular complexity index is 622. The van der Waals surface area contributed by atoms with Crippen LogP contribution >= 0.6 is 11.3 Å². The zero-order chi connectivity index (χ0) is 13.9. The lowest BCUT2D eigenvalue weighted by molar-refractivity contribution is 0.234. The highest BCUT2D eigenvalue weighted by Crippen LogP contribution is 2.20. The molecule has 1 aromatic carbocycles. The van der Waals surface area contributed by atoms with Gasteiger partial charge < -0.3 is 5.32 Å². The van der Waals surface area contributed by atoms with Gasteiger partial charge in [-0.2, -0.15) is 8.78 Å². The molecule has 1 heterocycles. The molecule has 7 heteroatoms. The highest BCUT2D eigenvalue weighted by Gasteiger charge is 2.26. The van der Waals surface area contributed by atoms with Crippen LogP contribution in [0.3, 0.4) is 0 Å². The molecule has 0 spiro atoms. The van der Waals surface area contributed by atoms with Crippen molar-refractivity contribution >= 4 is 26.9 Å². The van der Waals surface area contributed by atoms with Gasteiger partial charge in [0, 0.05) is 17.1 Å². The lowest BCUT2D eigenvalue weighted by Gasteiger charge is -2.07. The molecule has 0 fully saturated rings. The Balaban J connectivity index is 2.07. The maximum absolute atomic E-state index is 12.3. The number of hydrogen-bond donors (Lipinski definition) is 1. The largest absolute Gasteiger partial charge is 0.380 e. The minimum absolute atomic E-state index is 0.371. The van der Waals surface area contributed by atoms with Crippen molar-refractivity contribution in [1.82, 2.24) is 0 Å². The van der Waals surface area contributed by atoms with Gasteiger partial charge in [-0.05, 0) is 35.7 Å². The molecule has 0 radical (unpaired) electrons. The highest BCUT2D eigenvalue weighted by atomic mass is 32.2. The molecular formula is C12H11F2NO2S2. The molecule has 0 aliphatic rings. The second-order valence-electron chi connectivity index (χ2n) is 3.76. The Labute approximate surface area is 113 Å². The number of hydrogen-bond acceptors (Lipinski definition) is 4. The van der Waals surface area contributed by atoms with Crippen molar-refractivity contribution in [3.05, 3.63) is 46.7 Å². The number of anilines is 1.